The van der Waals surface area contributed by atoms with E-state index >= 15 is 0 Å². The number of fused-ring (bicyclic) bond motifs is 1. The molecule has 2 aliphatic carbocycles. The second-order valence-electron chi connectivity index (χ2n) is 10.5. The minimum absolute atomic E-state index is 0.103. The molecule has 1 aromatic carbocycles. The Morgan fingerprint density at radius 3 is 2.65 bits per heavy atom. The Morgan fingerprint density at radius 1 is 1.27 bits per heavy atom. The van der Waals surface area contributed by atoms with Crippen molar-refractivity contribution in [2.75, 3.05) is 7.11 Å². The fourth-order valence-corrected chi connectivity index (χ4v) is 7.75. The van der Waals surface area contributed by atoms with Crippen LogP contribution in [0.2, 0.25) is 0 Å². The van der Waals surface area contributed by atoms with E-state index in [1.165, 1.54) is 7.11 Å². The normalized spacial score (nSPS) is 25.9. The Bertz CT molecular complexity index is 1080. The fraction of sp³-hybridized carbons (Fsp3) is 0.567. The van der Waals surface area contributed by atoms with Crippen molar-refractivity contribution in [3.63, 3.8) is 0 Å². The number of allylic oxidation sites excluding steroid dienone is 1. The molecule has 0 aromatic heterocycles. The maximum atomic E-state index is 13.7. The number of carbonyl (C=O) groups is 1. The first-order chi connectivity index (χ1) is 17.6. The van der Waals surface area contributed by atoms with Crippen LogP contribution >= 0.6 is 0 Å². The van der Waals surface area contributed by atoms with E-state index in [1.807, 2.05) is 12.2 Å². The molecular formula is C30H42O6S. The van der Waals surface area contributed by atoms with E-state index in [0.29, 0.717) is 38.5 Å². The van der Waals surface area contributed by atoms with Crippen LogP contribution in [0.25, 0.3) is 0 Å². The highest BCUT2D eigenvalue weighted by molar-refractivity contribution is 7.92. The van der Waals surface area contributed by atoms with E-state index in [-0.39, 0.29) is 35.0 Å². The second-order valence-corrected chi connectivity index (χ2v) is 12.6. The summed E-state index contributed by atoms with van der Waals surface area (Å²) in [5.41, 5.74) is -0.0807. The largest absolute Gasteiger partial charge is 0.469 e. The summed E-state index contributed by atoms with van der Waals surface area (Å²) < 4.78 is 32.1. The van der Waals surface area contributed by atoms with Crippen molar-refractivity contribution >= 4 is 15.8 Å². The maximum Gasteiger partial charge on any atom is 0.305 e. The zero-order valence-electron chi connectivity index (χ0n) is 22.1. The third kappa shape index (κ3) is 7.21. The molecule has 2 unspecified atom stereocenters. The zero-order chi connectivity index (χ0) is 27.1. The smallest absolute Gasteiger partial charge is 0.305 e. The van der Waals surface area contributed by atoms with Gasteiger partial charge in [0.2, 0.25) is 0 Å². The molecule has 7 heteroatoms. The Balaban J connectivity index is 1.77. The van der Waals surface area contributed by atoms with Crippen molar-refractivity contribution < 1.29 is 28.2 Å². The van der Waals surface area contributed by atoms with Crippen molar-refractivity contribution in [2.24, 2.45) is 17.8 Å². The molecule has 1 saturated carbocycles. The lowest BCUT2D eigenvalue weighted by Gasteiger charge is -2.24. The summed E-state index contributed by atoms with van der Waals surface area (Å²) in [6, 6.07) is 8.47. The number of rotatable bonds is 14. The number of carbonyl (C=O) groups excluding carboxylic acids is 1. The minimum Gasteiger partial charge on any atom is -0.469 e. The minimum atomic E-state index is -3.64. The first-order valence-corrected chi connectivity index (χ1v) is 15.0. The number of hydrogen-bond donors (Lipinski definition) is 2. The van der Waals surface area contributed by atoms with Gasteiger partial charge in [-0.2, -0.15) is 0 Å². The maximum absolute atomic E-state index is 13.7. The third-order valence-electron chi connectivity index (χ3n) is 8.01. The molecule has 6 atom stereocenters. The molecule has 0 saturated heterocycles. The van der Waals surface area contributed by atoms with Gasteiger partial charge in [0.1, 0.15) is 0 Å². The number of aliphatic hydroxyl groups is 2. The van der Waals surface area contributed by atoms with Crippen molar-refractivity contribution in [1.29, 1.82) is 0 Å². The number of esters is 1. The first-order valence-electron chi connectivity index (χ1n) is 13.4. The number of methoxy groups -OCH3 is 1. The summed E-state index contributed by atoms with van der Waals surface area (Å²) in [7, 11) is -2.31. The molecule has 3 rings (SSSR count). The van der Waals surface area contributed by atoms with Crippen LogP contribution in [-0.4, -0.2) is 48.7 Å². The number of benzene rings is 1. The molecule has 0 amide bonds. The highest BCUT2D eigenvalue weighted by Gasteiger charge is 2.46. The molecule has 37 heavy (non-hydrogen) atoms. The molecule has 1 aromatic rings. The molecule has 0 spiro atoms. The zero-order valence-corrected chi connectivity index (χ0v) is 22.9. The van der Waals surface area contributed by atoms with Gasteiger partial charge in [0.15, 0.2) is 9.84 Å². The van der Waals surface area contributed by atoms with Gasteiger partial charge in [-0.25, -0.2) is 8.42 Å². The van der Waals surface area contributed by atoms with Crippen LogP contribution in [0, 0.1) is 17.8 Å². The van der Waals surface area contributed by atoms with Gasteiger partial charge in [-0.05, 0) is 62.5 Å². The van der Waals surface area contributed by atoms with Crippen LogP contribution < -0.4 is 0 Å². The van der Waals surface area contributed by atoms with Gasteiger partial charge in [0.05, 0.1) is 29.0 Å². The van der Waals surface area contributed by atoms with Gasteiger partial charge >= 0.3 is 5.97 Å². The number of aliphatic hydroxyl groups excluding tert-OH is 1. The van der Waals surface area contributed by atoms with Crippen LogP contribution in [0.15, 0.2) is 71.7 Å². The quantitative estimate of drug-likeness (QED) is 0.254. The van der Waals surface area contributed by atoms with E-state index in [0.717, 1.165) is 18.4 Å². The van der Waals surface area contributed by atoms with Crippen molar-refractivity contribution in [2.45, 2.75) is 86.6 Å². The summed E-state index contributed by atoms with van der Waals surface area (Å²) in [5, 5.41) is 20.9. The molecule has 0 bridgehead atoms. The van der Waals surface area contributed by atoms with Crippen LogP contribution in [0.1, 0.15) is 64.7 Å². The number of hydrogen-bond acceptors (Lipinski definition) is 6. The summed E-state index contributed by atoms with van der Waals surface area (Å²) >= 11 is 0. The van der Waals surface area contributed by atoms with Gasteiger partial charge in [-0.15, -0.1) is 6.58 Å². The summed E-state index contributed by atoms with van der Waals surface area (Å²) in [4.78, 5) is 12.0. The number of sulfone groups is 1. The van der Waals surface area contributed by atoms with Gasteiger partial charge in [-0.1, -0.05) is 67.8 Å². The second kappa shape index (κ2) is 13.0. The fourth-order valence-electron chi connectivity index (χ4n) is 5.83. The van der Waals surface area contributed by atoms with Crippen molar-refractivity contribution in [3.05, 3.63) is 66.8 Å². The number of unbranched alkanes of at least 4 members (excludes halogenated alkanes) is 1. The SMILES string of the molecule is C=CC(O)(C/C=C/[C@H]1[C@H]2CC(C(CCCC(=O)OC)S(=O)(=O)c3ccccc3)=C[C@H]2C[C@H]1O)CCCC. The Hall–Kier alpha value is -2.22. The molecule has 204 valence electrons. The van der Waals surface area contributed by atoms with Crippen LogP contribution in [-0.2, 0) is 19.4 Å². The van der Waals surface area contributed by atoms with E-state index in [4.69, 9.17) is 4.74 Å². The van der Waals surface area contributed by atoms with Gasteiger partial charge in [0.25, 0.3) is 0 Å². The Morgan fingerprint density at radius 2 is 2.00 bits per heavy atom. The van der Waals surface area contributed by atoms with Crippen LogP contribution in [0.5, 0.6) is 0 Å². The average molecular weight is 531 g/mol. The van der Waals surface area contributed by atoms with Gasteiger partial charge in [0, 0.05) is 12.3 Å². The predicted octanol–water partition coefficient (Wildman–Crippen LogP) is 5.17. The standard InChI is InChI=1S/C30H42O6S/c1-4-6-17-30(33,5-2)18-11-14-25-26-20-23(19-22(26)21-27(25)31)28(15-10-16-29(32)36-3)37(34,35)24-12-8-7-9-13-24/h5,7-9,11-14,19,22,25-28,31,33H,2,4,6,10,15-18,20-21H2,1,3H3/b14-11+/t22-,25-,26-,27+,28?,30?/m0/s1. The van der Waals surface area contributed by atoms with E-state index in [9.17, 15) is 23.4 Å². The highest BCUT2D eigenvalue weighted by atomic mass is 32.2. The lowest BCUT2D eigenvalue weighted by molar-refractivity contribution is -0.140. The molecule has 0 heterocycles. The van der Waals surface area contributed by atoms with Gasteiger partial charge in [-0.3, -0.25) is 4.79 Å². The molecule has 6 nitrogen and oxygen atoms in total. The third-order valence-corrected chi connectivity index (χ3v) is 10.2. The van der Waals surface area contributed by atoms with Crippen molar-refractivity contribution in [1.82, 2.24) is 0 Å². The average Bonchev–Trinajstić information content (AvgIpc) is 3.42. The van der Waals surface area contributed by atoms with E-state index in [2.05, 4.69) is 19.6 Å². The summed E-state index contributed by atoms with van der Waals surface area (Å²) in [5.74, 6) is -0.232. The monoisotopic (exact) mass is 530 g/mol. The molecule has 0 radical (unpaired) electrons. The van der Waals surface area contributed by atoms with Gasteiger partial charge < -0.3 is 14.9 Å². The lowest BCUT2D eigenvalue weighted by atomic mass is 9.87. The Kier molecular flexibility index (Phi) is 10.3. The predicted molar refractivity (Wildman–Crippen MR) is 146 cm³/mol. The molecule has 0 aliphatic heterocycles. The van der Waals surface area contributed by atoms with E-state index < -0.39 is 26.8 Å². The summed E-state index contributed by atoms with van der Waals surface area (Å²) in [6.07, 6.45) is 12.2. The molecule has 2 N–H and O–H groups in total. The number of ether oxygens (including phenoxy) is 1. The molecular weight excluding hydrogens is 488 g/mol. The van der Waals surface area contributed by atoms with Crippen LogP contribution in [0.3, 0.4) is 0 Å². The Labute approximate surface area is 222 Å². The van der Waals surface area contributed by atoms with Crippen LogP contribution in [0.4, 0.5) is 0 Å². The first kappa shape index (κ1) is 29.3. The molecule has 2 aliphatic rings. The van der Waals surface area contributed by atoms with Crippen molar-refractivity contribution in [3.8, 4) is 0 Å². The highest BCUT2D eigenvalue weighted by Crippen LogP contribution is 2.49. The summed E-state index contributed by atoms with van der Waals surface area (Å²) in [6.45, 7) is 5.88. The van der Waals surface area contributed by atoms with E-state index in [1.54, 1.807) is 36.4 Å². The lowest BCUT2D eigenvalue weighted by Crippen LogP contribution is -2.26. The molecule has 1 fully saturated rings. The topological polar surface area (TPSA) is 101 Å².